The van der Waals surface area contributed by atoms with Gasteiger partial charge < -0.3 is 0 Å². The summed E-state index contributed by atoms with van der Waals surface area (Å²) in [6, 6.07) is 0. The van der Waals surface area contributed by atoms with Gasteiger partial charge in [-0.05, 0) is 23.8 Å². The second-order valence-electron chi connectivity index (χ2n) is 5.88. The van der Waals surface area contributed by atoms with Gasteiger partial charge in [0, 0.05) is 18.7 Å². The predicted octanol–water partition coefficient (Wildman–Crippen LogP) is 2.77. The average Bonchev–Trinajstić information content (AvgIpc) is 2.60. The van der Waals surface area contributed by atoms with E-state index in [9.17, 15) is 0 Å². The Bertz CT molecular complexity index is 328. The molecule has 0 radical (unpaired) electrons. The van der Waals surface area contributed by atoms with Crippen molar-refractivity contribution in [2.45, 2.75) is 51.4 Å². The summed E-state index contributed by atoms with van der Waals surface area (Å²) in [5.41, 5.74) is 3.34. The maximum atomic E-state index is 4.63. The Morgan fingerprint density at radius 2 is 1.93 bits per heavy atom. The number of aromatic nitrogens is 2. The van der Waals surface area contributed by atoms with Crippen molar-refractivity contribution in [2.75, 3.05) is 0 Å². The van der Waals surface area contributed by atoms with Gasteiger partial charge in [-0.25, -0.2) is 0 Å². The molecule has 1 saturated carbocycles. The van der Waals surface area contributed by atoms with Gasteiger partial charge in [-0.2, -0.15) is 5.10 Å². The Morgan fingerprint density at radius 1 is 1.36 bits per heavy atom. The molecule has 0 amide bonds. The van der Waals surface area contributed by atoms with Gasteiger partial charge >= 0.3 is 0 Å². The lowest BCUT2D eigenvalue weighted by atomic mass is 9.84. The lowest BCUT2D eigenvalue weighted by Crippen LogP contribution is -2.16. The number of aryl methyl sites for hydroxylation is 1. The molecule has 0 atom stereocenters. The van der Waals surface area contributed by atoms with Crippen molar-refractivity contribution in [2.24, 2.45) is 7.05 Å². The number of nitrogens with zero attached hydrogens (tertiary/aromatic N) is 2. The van der Waals surface area contributed by atoms with Gasteiger partial charge in [-0.3, -0.25) is 4.68 Å². The van der Waals surface area contributed by atoms with E-state index in [0.717, 1.165) is 0 Å². The van der Waals surface area contributed by atoms with E-state index in [1.807, 2.05) is 11.7 Å². The molecular weight excluding hydrogens is 172 g/mol. The zero-order valence-corrected chi connectivity index (χ0v) is 9.89. The first-order chi connectivity index (χ1) is 6.33. The average molecular weight is 192 g/mol. The molecule has 2 heteroatoms. The lowest BCUT2D eigenvalue weighted by molar-refractivity contribution is 0.569. The van der Waals surface area contributed by atoms with Crippen LogP contribution >= 0.6 is 0 Å². The SMILES string of the molecule is Cn1cc(C(C)(C)C)c(C2(C)CC2)n1. The number of hydrogen-bond acceptors (Lipinski definition) is 1. The van der Waals surface area contributed by atoms with Crippen LogP contribution in [0.1, 0.15) is 51.8 Å². The smallest absolute Gasteiger partial charge is 0.0720 e. The summed E-state index contributed by atoms with van der Waals surface area (Å²) in [5.74, 6) is 0. The Morgan fingerprint density at radius 3 is 2.36 bits per heavy atom. The van der Waals surface area contributed by atoms with Gasteiger partial charge in [0.05, 0.1) is 5.69 Å². The summed E-state index contributed by atoms with van der Waals surface area (Å²) in [7, 11) is 2.02. The molecule has 0 spiro atoms. The van der Waals surface area contributed by atoms with E-state index in [4.69, 9.17) is 0 Å². The van der Waals surface area contributed by atoms with E-state index in [1.54, 1.807) is 0 Å². The fourth-order valence-electron chi connectivity index (χ4n) is 1.91. The minimum atomic E-state index is 0.217. The van der Waals surface area contributed by atoms with Crippen LogP contribution in [0.2, 0.25) is 0 Å². The molecule has 78 valence electrons. The normalized spacial score (nSPS) is 19.8. The van der Waals surface area contributed by atoms with E-state index in [2.05, 4.69) is 39.0 Å². The highest BCUT2D eigenvalue weighted by Crippen LogP contribution is 2.49. The molecule has 2 nitrogen and oxygen atoms in total. The van der Waals surface area contributed by atoms with Crippen LogP contribution in [0.15, 0.2) is 6.20 Å². The number of hydrogen-bond donors (Lipinski definition) is 0. The van der Waals surface area contributed by atoms with Gasteiger partial charge in [0.25, 0.3) is 0 Å². The third kappa shape index (κ3) is 1.47. The first-order valence-corrected chi connectivity index (χ1v) is 5.37. The van der Waals surface area contributed by atoms with E-state index < -0.39 is 0 Å². The monoisotopic (exact) mass is 192 g/mol. The lowest BCUT2D eigenvalue weighted by Gasteiger charge is -2.20. The first-order valence-electron chi connectivity index (χ1n) is 5.37. The largest absolute Gasteiger partial charge is 0.275 e. The zero-order valence-electron chi connectivity index (χ0n) is 9.89. The molecule has 1 aliphatic rings. The van der Waals surface area contributed by atoms with Crippen molar-refractivity contribution < 1.29 is 0 Å². The molecule has 0 aromatic carbocycles. The van der Waals surface area contributed by atoms with Crippen LogP contribution in [0.4, 0.5) is 0 Å². The fourth-order valence-corrected chi connectivity index (χ4v) is 1.91. The highest BCUT2D eigenvalue weighted by Gasteiger charge is 2.44. The van der Waals surface area contributed by atoms with Crippen molar-refractivity contribution in [1.29, 1.82) is 0 Å². The molecule has 0 unspecified atom stereocenters. The summed E-state index contributed by atoms with van der Waals surface area (Å²) in [6.45, 7) is 9.11. The summed E-state index contributed by atoms with van der Waals surface area (Å²) in [6.07, 6.45) is 4.78. The Balaban J connectivity index is 2.49. The van der Waals surface area contributed by atoms with Gasteiger partial charge in [0.2, 0.25) is 0 Å². The Labute approximate surface area is 86.3 Å². The van der Waals surface area contributed by atoms with Crippen LogP contribution in [0.25, 0.3) is 0 Å². The molecule has 14 heavy (non-hydrogen) atoms. The van der Waals surface area contributed by atoms with E-state index >= 15 is 0 Å². The van der Waals surface area contributed by atoms with E-state index in [0.29, 0.717) is 5.41 Å². The van der Waals surface area contributed by atoms with Crippen molar-refractivity contribution in [1.82, 2.24) is 9.78 Å². The number of rotatable bonds is 1. The minimum absolute atomic E-state index is 0.217. The van der Waals surface area contributed by atoms with Gasteiger partial charge in [-0.1, -0.05) is 27.7 Å². The molecule has 0 saturated heterocycles. The van der Waals surface area contributed by atoms with E-state index in [1.165, 1.54) is 24.1 Å². The first kappa shape index (κ1) is 9.75. The van der Waals surface area contributed by atoms with Crippen LogP contribution < -0.4 is 0 Å². The molecule has 1 aromatic heterocycles. The van der Waals surface area contributed by atoms with Crippen LogP contribution in [0.5, 0.6) is 0 Å². The summed E-state index contributed by atoms with van der Waals surface area (Å²) in [5, 5.41) is 4.63. The molecule has 0 bridgehead atoms. The van der Waals surface area contributed by atoms with Gasteiger partial charge in [-0.15, -0.1) is 0 Å². The molecule has 1 fully saturated rings. The highest BCUT2D eigenvalue weighted by molar-refractivity contribution is 5.34. The highest BCUT2D eigenvalue weighted by atomic mass is 15.3. The third-order valence-corrected chi connectivity index (χ3v) is 3.21. The Hall–Kier alpha value is -0.790. The second-order valence-corrected chi connectivity index (χ2v) is 5.88. The predicted molar refractivity (Wildman–Crippen MR) is 58.5 cm³/mol. The van der Waals surface area contributed by atoms with E-state index in [-0.39, 0.29) is 5.41 Å². The maximum Gasteiger partial charge on any atom is 0.0720 e. The van der Waals surface area contributed by atoms with Crippen molar-refractivity contribution in [3.63, 3.8) is 0 Å². The van der Waals surface area contributed by atoms with Crippen LogP contribution in [0.3, 0.4) is 0 Å². The molecule has 0 N–H and O–H groups in total. The third-order valence-electron chi connectivity index (χ3n) is 3.21. The van der Waals surface area contributed by atoms with Crippen molar-refractivity contribution in [3.05, 3.63) is 17.5 Å². The summed E-state index contributed by atoms with van der Waals surface area (Å²) < 4.78 is 1.96. The zero-order chi connectivity index (χ0) is 10.6. The quantitative estimate of drug-likeness (QED) is 0.669. The summed E-state index contributed by atoms with van der Waals surface area (Å²) >= 11 is 0. The maximum absolute atomic E-state index is 4.63. The fraction of sp³-hybridized carbons (Fsp3) is 0.750. The second kappa shape index (κ2) is 2.62. The van der Waals surface area contributed by atoms with Crippen LogP contribution in [-0.2, 0) is 17.9 Å². The molecule has 1 aromatic rings. The van der Waals surface area contributed by atoms with Gasteiger partial charge in [0.1, 0.15) is 0 Å². The molecular formula is C12H20N2. The van der Waals surface area contributed by atoms with Gasteiger partial charge in [0.15, 0.2) is 0 Å². The van der Waals surface area contributed by atoms with Crippen LogP contribution in [0, 0.1) is 0 Å². The van der Waals surface area contributed by atoms with Crippen LogP contribution in [-0.4, -0.2) is 9.78 Å². The molecule has 0 aliphatic heterocycles. The standard InChI is InChI=1S/C12H20N2/c1-11(2,3)9-8-14(5)13-10(9)12(4)6-7-12/h8H,6-7H2,1-5H3. The summed E-state index contributed by atoms with van der Waals surface area (Å²) in [4.78, 5) is 0. The van der Waals surface area contributed by atoms with Crippen molar-refractivity contribution >= 4 is 0 Å². The molecule has 1 aliphatic carbocycles. The topological polar surface area (TPSA) is 17.8 Å². The molecule has 1 heterocycles. The Kier molecular flexibility index (Phi) is 1.82. The van der Waals surface area contributed by atoms with Crippen molar-refractivity contribution in [3.8, 4) is 0 Å². The minimum Gasteiger partial charge on any atom is -0.275 e. The molecule has 2 rings (SSSR count).